The molecule has 1 saturated heterocycles. The summed E-state index contributed by atoms with van der Waals surface area (Å²) >= 11 is 0. The molecule has 1 atom stereocenters. The number of nitrogens with zero attached hydrogens (tertiary/aromatic N) is 2. The normalized spacial score (nSPS) is 24.3. The van der Waals surface area contributed by atoms with Crippen LogP contribution in [0.4, 0.5) is 5.82 Å². The lowest BCUT2D eigenvalue weighted by atomic mass is 9.95. The van der Waals surface area contributed by atoms with Gasteiger partial charge in [0.15, 0.2) is 0 Å². The first-order chi connectivity index (χ1) is 8.58. The molecule has 4 heteroatoms. The van der Waals surface area contributed by atoms with Crippen LogP contribution in [0.2, 0.25) is 0 Å². The van der Waals surface area contributed by atoms with Crippen molar-refractivity contribution in [2.75, 3.05) is 25.1 Å². The third-order valence-electron chi connectivity index (χ3n) is 3.83. The lowest BCUT2D eigenvalue weighted by Gasteiger charge is -2.40. The van der Waals surface area contributed by atoms with Crippen molar-refractivity contribution >= 4 is 5.82 Å². The van der Waals surface area contributed by atoms with Gasteiger partial charge in [-0.3, -0.25) is 0 Å². The van der Waals surface area contributed by atoms with Crippen LogP contribution in [-0.2, 0) is 11.3 Å². The zero-order valence-corrected chi connectivity index (χ0v) is 11.4. The van der Waals surface area contributed by atoms with Crippen molar-refractivity contribution in [3.05, 3.63) is 23.4 Å². The average Bonchev–Trinajstić information content (AvgIpc) is 2.39. The summed E-state index contributed by atoms with van der Waals surface area (Å²) in [5.74, 6) is 0.979. The first-order valence-corrected chi connectivity index (χ1v) is 6.45. The van der Waals surface area contributed by atoms with E-state index in [1.807, 2.05) is 19.1 Å². The van der Waals surface area contributed by atoms with Gasteiger partial charge in [-0.25, -0.2) is 4.98 Å². The molecule has 100 valence electrons. The van der Waals surface area contributed by atoms with E-state index in [0.717, 1.165) is 43.0 Å². The third kappa shape index (κ3) is 2.65. The Morgan fingerprint density at radius 3 is 2.89 bits per heavy atom. The van der Waals surface area contributed by atoms with E-state index in [-0.39, 0.29) is 12.2 Å². The number of ether oxygens (including phenoxy) is 1. The molecule has 1 aliphatic heterocycles. The molecule has 1 N–H and O–H groups in total. The van der Waals surface area contributed by atoms with Crippen molar-refractivity contribution in [2.24, 2.45) is 0 Å². The quantitative estimate of drug-likeness (QED) is 0.890. The molecule has 0 aromatic carbocycles. The Morgan fingerprint density at radius 2 is 2.28 bits per heavy atom. The molecule has 1 aliphatic rings. The molecule has 2 rings (SSSR count). The molecule has 2 heterocycles. The highest BCUT2D eigenvalue weighted by molar-refractivity contribution is 5.42. The van der Waals surface area contributed by atoms with Gasteiger partial charge in [-0.1, -0.05) is 6.07 Å². The van der Waals surface area contributed by atoms with E-state index in [0.29, 0.717) is 0 Å². The highest BCUT2D eigenvalue weighted by Crippen LogP contribution is 2.27. The molecule has 0 radical (unpaired) electrons. The number of rotatable bonds is 3. The number of aryl methyl sites for hydroxylation is 1. The van der Waals surface area contributed by atoms with E-state index in [1.165, 1.54) is 0 Å². The van der Waals surface area contributed by atoms with Crippen molar-refractivity contribution < 1.29 is 9.84 Å². The number of piperidine rings is 1. The number of hydrogen-bond donors (Lipinski definition) is 1. The van der Waals surface area contributed by atoms with Crippen LogP contribution in [-0.4, -0.2) is 35.9 Å². The molecule has 1 aromatic rings. The standard InChI is InChI=1S/C14H22N2O2/c1-11-12(9-17)5-6-13(15-11)16-8-4-7-14(2,10-16)18-3/h5-6,17H,4,7-10H2,1-3H3. The van der Waals surface area contributed by atoms with Gasteiger partial charge >= 0.3 is 0 Å². The van der Waals surface area contributed by atoms with Gasteiger partial charge in [-0.05, 0) is 38.3 Å². The minimum absolute atomic E-state index is 0.0505. The Hall–Kier alpha value is -1.13. The largest absolute Gasteiger partial charge is 0.392 e. The molecule has 0 amide bonds. The first kappa shape index (κ1) is 13.3. The molecular weight excluding hydrogens is 228 g/mol. The summed E-state index contributed by atoms with van der Waals surface area (Å²) in [6.07, 6.45) is 2.21. The number of methoxy groups -OCH3 is 1. The zero-order chi connectivity index (χ0) is 13.2. The average molecular weight is 250 g/mol. The Labute approximate surface area is 109 Å². The van der Waals surface area contributed by atoms with E-state index in [9.17, 15) is 0 Å². The van der Waals surface area contributed by atoms with Gasteiger partial charge in [0.1, 0.15) is 5.82 Å². The van der Waals surface area contributed by atoms with Crippen LogP contribution in [0.1, 0.15) is 31.0 Å². The lowest BCUT2D eigenvalue weighted by molar-refractivity contribution is -0.00482. The van der Waals surface area contributed by atoms with Gasteiger partial charge in [0.25, 0.3) is 0 Å². The van der Waals surface area contributed by atoms with Crippen LogP contribution < -0.4 is 4.90 Å². The van der Waals surface area contributed by atoms with Gasteiger partial charge in [-0.2, -0.15) is 0 Å². The van der Waals surface area contributed by atoms with Gasteiger partial charge < -0.3 is 14.7 Å². The van der Waals surface area contributed by atoms with Crippen molar-refractivity contribution in [1.82, 2.24) is 4.98 Å². The Balaban J connectivity index is 2.18. The van der Waals surface area contributed by atoms with E-state index in [4.69, 9.17) is 9.84 Å². The van der Waals surface area contributed by atoms with E-state index >= 15 is 0 Å². The second-order valence-corrected chi connectivity index (χ2v) is 5.25. The van der Waals surface area contributed by atoms with Crippen molar-refractivity contribution in [2.45, 2.75) is 38.9 Å². The van der Waals surface area contributed by atoms with Gasteiger partial charge in [0.05, 0.1) is 12.2 Å². The Morgan fingerprint density at radius 1 is 1.50 bits per heavy atom. The minimum Gasteiger partial charge on any atom is -0.392 e. The highest BCUT2D eigenvalue weighted by Gasteiger charge is 2.31. The lowest BCUT2D eigenvalue weighted by Crippen LogP contribution is -2.47. The Kier molecular flexibility index (Phi) is 3.88. The van der Waals surface area contributed by atoms with Crippen molar-refractivity contribution in [3.8, 4) is 0 Å². The fourth-order valence-electron chi connectivity index (χ4n) is 2.49. The predicted octanol–water partition coefficient (Wildman–Crippen LogP) is 1.89. The number of aliphatic hydroxyl groups is 1. The maximum Gasteiger partial charge on any atom is 0.128 e. The van der Waals surface area contributed by atoms with E-state index in [2.05, 4.69) is 16.8 Å². The van der Waals surface area contributed by atoms with Crippen LogP contribution in [0.15, 0.2) is 12.1 Å². The summed E-state index contributed by atoms with van der Waals surface area (Å²) in [5, 5.41) is 9.17. The second-order valence-electron chi connectivity index (χ2n) is 5.25. The van der Waals surface area contributed by atoms with Gasteiger partial charge in [0.2, 0.25) is 0 Å². The molecule has 0 aliphatic carbocycles. The zero-order valence-electron chi connectivity index (χ0n) is 11.4. The summed E-state index contributed by atoms with van der Waals surface area (Å²) < 4.78 is 5.60. The molecule has 18 heavy (non-hydrogen) atoms. The third-order valence-corrected chi connectivity index (χ3v) is 3.83. The molecular formula is C14H22N2O2. The van der Waals surface area contributed by atoms with Crippen molar-refractivity contribution in [3.63, 3.8) is 0 Å². The summed E-state index contributed by atoms with van der Waals surface area (Å²) in [4.78, 5) is 6.84. The fraction of sp³-hybridized carbons (Fsp3) is 0.643. The minimum atomic E-state index is -0.0799. The van der Waals surface area contributed by atoms with E-state index < -0.39 is 0 Å². The van der Waals surface area contributed by atoms with Crippen molar-refractivity contribution in [1.29, 1.82) is 0 Å². The topological polar surface area (TPSA) is 45.6 Å². The molecule has 4 nitrogen and oxygen atoms in total. The molecule has 0 saturated carbocycles. The van der Waals surface area contributed by atoms with Crippen LogP contribution in [0.3, 0.4) is 0 Å². The SMILES string of the molecule is COC1(C)CCCN(c2ccc(CO)c(C)n2)C1. The number of aromatic nitrogens is 1. The molecule has 0 bridgehead atoms. The fourth-order valence-corrected chi connectivity index (χ4v) is 2.49. The van der Waals surface area contributed by atoms with Gasteiger partial charge in [0, 0.05) is 25.9 Å². The first-order valence-electron chi connectivity index (χ1n) is 6.45. The number of hydrogen-bond acceptors (Lipinski definition) is 4. The smallest absolute Gasteiger partial charge is 0.128 e. The number of pyridine rings is 1. The monoisotopic (exact) mass is 250 g/mol. The van der Waals surface area contributed by atoms with Crippen LogP contribution in [0.25, 0.3) is 0 Å². The van der Waals surface area contributed by atoms with Crippen LogP contribution in [0.5, 0.6) is 0 Å². The maximum atomic E-state index is 9.17. The molecule has 1 aromatic heterocycles. The summed E-state index contributed by atoms with van der Waals surface area (Å²) in [6.45, 7) is 6.02. The second kappa shape index (κ2) is 5.24. The van der Waals surface area contributed by atoms with Crippen LogP contribution in [0, 0.1) is 6.92 Å². The molecule has 0 spiro atoms. The predicted molar refractivity (Wildman–Crippen MR) is 71.8 cm³/mol. The summed E-state index contributed by atoms with van der Waals surface area (Å²) in [6, 6.07) is 3.94. The molecule has 1 unspecified atom stereocenters. The highest BCUT2D eigenvalue weighted by atomic mass is 16.5. The summed E-state index contributed by atoms with van der Waals surface area (Å²) in [5.41, 5.74) is 1.72. The van der Waals surface area contributed by atoms with Gasteiger partial charge in [-0.15, -0.1) is 0 Å². The Bertz CT molecular complexity index is 422. The molecule has 1 fully saturated rings. The number of anilines is 1. The van der Waals surface area contributed by atoms with E-state index in [1.54, 1.807) is 7.11 Å². The van der Waals surface area contributed by atoms with Crippen LogP contribution >= 0.6 is 0 Å². The maximum absolute atomic E-state index is 9.17. The summed E-state index contributed by atoms with van der Waals surface area (Å²) in [7, 11) is 1.77. The number of aliphatic hydroxyl groups excluding tert-OH is 1.